The molecule has 1 heterocycles. The summed E-state index contributed by atoms with van der Waals surface area (Å²) in [7, 11) is 0. The van der Waals surface area contributed by atoms with Crippen molar-refractivity contribution in [3.63, 3.8) is 0 Å². The van der Waals surface area contributed by atoms with E-state index in [1.807, 2.05) is 0 Å². The highest BCUT2D eigenvalue weighted by Crippen LogP contribution is 2.22. The van der Waals surface area contributed by atoms with Crippen molar-refractivity contribution in [2.45, 2.75) is 26.2 Å². The van der Waals surface area contributed by atoms with Gasteiger partial charge in [-0.1, -0.05) is 24.2 Å². The monoisotopic (exact) mass is 248 g/mol. The Kier molecular flexibility index (Phi) is 3.50. The normalized spacial score (nSPS) is 12.4. The minimum absolute atomic E-state index is 0.0127. The maximum atomic E-state index is 13.5. The molecule has 0 aliphatic rings. The highest BCUT2D eigenvalue weighted by atomic mass is 19.1. The van der Waals surface area contributed by atoms with Crippen molar-refractivity contribution in [2.24, 2.45) is 0 Å². The van der Waals surface area contributed by atoms with Crippen LogP contribution in [0.1, 0.15) is 32.1 Å². The fraction of sp³-hybridized carbons (Fsp3) is 0.308. The van der Waals surface area contributed by atoms with E-state index in [4.69, 9.17) is 4.52 Å². The van der Waals surface area contributed by atoms with Gasteiger partial charge in [0.25, 0.3) is 0 Å². The molecule has 0 fully saturated rings. The number of ketones is 1. The van der Waals surface area contributed by atoms with Crippen LogP contribution in [-0.4, -0.2) is 15.9 Å². The van der Waals surface area contributed by atoms with Crippen LogP contribution in [0, 0.1) is 5.82 Å². The lowest BCUT2D eigenvalue weighted by molar-refractivity contribution is -0.120. The number of rotatable bonds is 4. The van der Waals surface area contributed by atoms with Crippen LogP contribution in [0.3, 0.4) is 0 Å². The number of benzene rings is 1. The van der Waals surface area contributed by atoms with Crippen LogP contribution in [-0.2, 0) is 4.79 Å². The first-order valence-corrected chi connectivity index (χ1v) is 5.74. The maximum absolute atomic E-state index is 13.5. The van der Waals surface area contributed by atoms with Crippen molar-refractivity contribution in [2.75, 3.05) is 0 Å². The molecule has 18 heavy (non-hydrogen) atoms. The summed E-state index contributed by atoms with van der Waals surface area (Å²) in [6.07, 6.45) is 0.401. The summed E-state index contributed by atoms with van der Waals surface area (Å²) < 4.78 is 18.5. The van der Waals surface area contributed by atoms with Gasteiger partial charge in [-0.2, -0.15) is 4.98 Å². The van der Waals surface area contributed by atoms with E-state index in [1.54, 1.807) is 32.0 Å². The van der Waals surface area contributed by atoms with Gasteiger partial charge in [0.1, 0.15) is 11.6 Å². The van der Waals surface area contributed by atoms with Crippen LogP contribution < -0.4 is 0 Å². The maximum Gasteiger partial charge on any atom is 0.237 e. The molecule has 2 rings (SSSR count). The molecule has 0 aliphatic heterocycles. The molecular formula is C13H13FN2O2. The number of aromatic nitrogens is 2. The standard InChI is InChI=1S/C13H13FN2O2/c1-3-11(17)8(2)13-15-12(16-18-13)9-6-4-5-7-10(9)14/h4-8H,3H2,1-2H3. The average Bonchev–Trinajstić information content (AvgIpc) is 2.87. The number of carbonyl (C=O) groups excluding carboxylic acids is 1. The number of halogens is 1. The molecule has 1 aromatic carbocycles. The zero-order valence-electron chi connectivity index (χ0n) is 10.2. The van der Waals surface area contributed by atoms with Crippen molar-refractivity contribution in [3.05, 3.63) is 36.0 Å². The van der Waals surface area contributed by atoms with Gasteiger partial charge < -0.3 is 4.52 Å². The summed E-state index contributed by atoms with van der Waals surface area (Å²) in [5, 5.41) is 3.71. The molecule has 1 unspecified atom stereocenters. The van der Waals surface area contributed by atoms with E-state index in [1.165, 1.54) is 6.07 Å². The Morgan fingerprint density at radius 3 is 2.83 bits per heavy atom. The van der Waals surface area contributed by atoms with E-state index < -0.39 is 11.7 Å². The van der Waals surface area contributed by atoms with E-state index in [2.05, 4.69) is 10.1 Å². The van der Waals surface area contributed by atoms with Crippen molar-refractivity contribution < 1.29 is 13.7 Å². The van der Waals surface area contributed by atoms with Gasteiger partial charge in [0.15, 0.2) is 0 Å². The highest BCUT2D eigenvalue weighted by molar-refractivity contribution is 5.84. The summed E-state index contributed by atoms with van der Waals surface area (Å²) in [6, 6.07) is 6.17. The van der Waals surface area contributed by atoms with Gasteiger partial charge in [-0.25, -0.2) is 4.39 Å². The zero-order valence-corrected chi connectivity index (χ0v) is 10.2. The minimum Gasteiger partial charge on any atom is -0.338 e. The molecule has 94 valence electrons. The second-order valence-corrected chi connectivity index (χ2v) is 3.98. The summed E-state index contributed by atoms with van der Waals surface area (Å²) >= 11 is 0. The SMILES string of the molecule is CCC(=O)C(C)c1nc(-c2ccccc2F)no1. The number of hydrogen-bond acceptors (Lipinski definition) is 4. The molecule has 2 aromatic rings. The topological polar surface area (TPSA) is 56.0 Å². The second kappa shape index (κ2) is 5.08. The smallest absolute Gasteiger partial charge is 0.237 e. The van der Waals surface area contributed by atoms with E-state index in [0.29, 0.717) is 6.42 Å². The molecule has 5 heteroatoms. The molecule has 0 N–H and O–H groups in total. The van der Waals surface area contributed by atoms with Crippen LogP contribution in [0.2, 0.25) is 0 Å². The summed E-state index contributed by atoms with van der Waals surface area (Å²) in [5.74, 6) is -0.472. The number of nitrogens with zero attached hydrogens (tertiary/aromatic N) is 2. The lowest BCUT2D eigenvalue weighted by Gasteiger charge is -2.01. The molecule has 0 amide bonds. The largest absolute Gasteiger partial charge is 0.338 e. The molecule has 1 atom stereocenters. The van der Waals surface area contributed by atoms with E-state index in [9.17, 15) is 9.18 Å². The Morgan fingerprint density at radius 1 is 1.44 bits per heavy atom. The number of Topliss-reactive ketones (excluding diaryl/α,β-unsaturated/α-hetero) is 1. The lowest BCUT2D eigenvalue weighted by atomic mass is 10.1. The van der Waals surface area contributed by atoms with Crippen molar-refractivity contribution in [1.82, 2.24) is 10.1 Å². The molecule has 0 bridgehead atoms. The average molecular weight is 248 g/mol. The van der Waals surface area contributed by atoms with E-state index in [-0.39, 0.29) is 23.1 Å². The number of carbonyl (C=O) groups is 1. The molecule has 4 nitrogen and oxygen atoms in total. The molecule has 0 aliphatic carbocycles. The Morgan fingerprint density at radius 2 is 2.17 bits per heavy atom. The lowest BCUT2D eigenvalue weighted by Crippen LogP contribution is -2.07. The Balaban J connectivity index is 2.31. The van der Waals surface area contributed by atoms with Gasteiger partial charge >= 0.3 is 0 Å². The third-order valence-electron chi connectivity index (χ3n) is 2.76. The third-order valence-corrected chi connectivity index (χ3v) is 2.76. The van der Waals surface area contributed by atoms with Crippen molar-refractivity contribution >= 4 is 5.78 Å². The fourth-order valence-corrected chi connectivity index (χ4v) is 1.61. The first kappa shape index (κ1) is 12.4. The Hall–Kier alpha value is -2.04. The van der Waals surface area contributed by atoms with Gasteiger partial charge in [0.2, 0.25) is 11.7 Å². The van der Waals surface area contributed by atoms with Crippen LogP contribution in [0.4, 0.5) is 4.39 Å². The fourth-order valence-electron chi connectivity index (χ4n) is 1.61. The molecular weight excluding hydrogens is 235 g/mol. The van der Waals surface area contributed by atoms with Crippen LogP contribution >= 0.6 is 0 Å². The molecule has 1 aromatic heterocycles. The first-order valence-electron chi connectivity index (χ1n) is 5.74. The van der Waals surface area contributed by atoms with Gasteiger partial charge in [-0.05, 0) is 19.1 Å². The summed E-state index contributed by atoms with van der Waals surface area (Å²) in [4.78, 5) is 15.6. The molecule has 0 radical (unpaired) electrons. The molecule has 0 saturated carbocycles. The Bertz CT molecular complexity index is 566. The predicted molar refractivity (Wildman–Crippen MR) is 63.4 cm³/mol. The second-order valence-electron chi connectivity index (χ2n) is 3.98. The van der Waals surface area contributed by atoms with Gasteiger partial charge in [0.05, 0.1) is 11.5 Å². The predicted octanol–water partition coefficient (Wildman–Crippen LogP) is 2.96. The summed E-state index contributed by atoms with van der Waals surface area (Å²) in [6.45, 7) is 3.47. The van der Waals surface area contributed by atoms with Gasteiger partial charge in [0, 0.05) is 6.42 Å². The summed E-state index contributed by atoms with van der Waals surface area (Å²) in [5.41, 5.74) is 0.267. The number of hydrogen-bond donors (Lipinski definition) is 0. The van der Waals surface area contributed by atoms with Crippen molar-refractivity contribution in [3.8, 4) is 11.4 Å². The van der Waals surface area contributed by atoms with Gasteiger partial charge in [-0.3, -0.25) is 4.79 Å². The molecule has 0 spiro atoms. The van der Waals surface area contributed by atoms with Crippen LogP contribution in [0.15, 0.2) is 28.8 Å². The van der Waals surface area contributed by atoms with Gasteiger partial charge in [-0.15, -0.1) is 0 Å². The minimum atomic E-state index is -0.456. The highest BCUT2D eigenvalue weighted by Gasteiger charge is 2.21. The Labute approximate surface area is 104 Å². The van der Waals surface area contributed by atoms with E-state index in [0.717, 1.165) is 0 Å². The first-order chi connectivity index (χ1) is 8.63. The van der Waals surface area contributed by atoms with Crippen molar-refractivity contribution in [1.29, 1.82) is 0 Å². The quantitative estimate of drug-likeness (QED) is 0.834. The molecule has 0 saturated heterocycles. The third kappa shape index (κ3) is 2.30. The van der Waals surface area contributed by atoms with E-state index >= 15 is 0 Å². The van der Waals surface area contributed by atoms with Crippen LogP contribution in [0.5, 0.6) is 0 Å². The van der Waals surface area contributed by atoms with Crippen LogP contribution in [0.25, 0.3) is 11.4 Å². The zero-order chi connectivity index (χ0) is 13.1.